The molecule has 1 amide bonds. The number of rotatable bonds is 7. The molecule has 0 unspecified atom stereocenters. The quantitative estimate of drug-likeness (QED) is 0.394. The number of para-hydroxylation sites is 1. The Morgan fingerprint density at radius 3 is 2.63 bits per heavy atom. The van der Waals surface area contributed by atoms with E-state index in [1.54, 1.807) is 0 Å². The second kappa shape index (κ2) is 8.46. The third-order valence-electron chi connectivity index (χ3n) is 4.19. The number of aryl methyl sites for hydroxylation is 1. The third kappa shape index (κ3) is 4.51. The number of carbonyl (C=O) groups excluding carboxylic acids is 1. The molecular weight excluding hydrogens is 344 g/mol. The number of hydroxylamine groups is 1. The highest BCUT2D eigenvalue weighted by Gasteiger charge is 2.12. The van der Waals surface area contributed by atoms with Crippen LogP contribution in [0.1, 0.15) is 18.7 Å². The van der Waals surface area contributed by atoms with E-state index in [4.69, 9.17) is 9.94 Å². The first kappa shape index (κ1) is 18.6. The van der Waals surface area contributed by atoms with Gasteiger partial charge in [-0.3, -0.25) is 4.79 Å². The number of benzene rings is 2. The molecule has 27 heavy (non-hydrogen) atoms. The second-order valence-corrected chi connectivity index (χ2v) is 6.16. The molecule has 0 bridgehead atoms. The summed E-state index contributed by atoms with van der Waals surface area (Å²) < 4.78 is 5.65. The van der Waals surface area contributed by atoms with E-state index in [1.165, 1.54) is 0 Å². The highest BCUT2D eigenvalue weighted by molar-refractivity contribution is 5.91. The predicted molar refractivity (Wildman–Crippen MR) is 105 cm³/mol. The van der Waals surface area contributed by atoms with Gasteiger partial charge in [0.1, 0.15) is 17.4 Å². The smallest absolute Gasteiger partial charge is 0.283 e. The van der Waals surface area contributed by atoms with Crippen molar-refractivity contribution in [3.63, 3.8) is 0 Å². The van der Waals surface area contributed by atoms with Gasteiger partial charge in [0, 0.05) is 24.5 Å². The Bertz CT molecular complexity index is 928. The van der Waals surface area contributed by atoms with E-state index < -0.39 is 0 Å². The van der Waals surface area contributed by atoms with Gasteiger partial charge in [0.25, 0.3) is 5.91 Å². The van der Waals surface area contributed by atoms with Gasteiger partial charge in [0.05, 0.1) is 12.1 Å². The first-order valence-corrected chi connectivity index (χ1v) is 8.74. The summed E-state index contributed by atoms with van der Waals surface area (Å²) >= 11 is 0. The van der Waals surface area contributed by atoms with Crippen molar-refractivity contribution in [3.05, 3.63) is 54.4 Å². The fourth-order valence-corrected chi connectivity index (χ4v) is 2.80. The van der Waals surface area contributed by atoms with Crippen LogP contribution >= 0.6 is 0 Å². The van der Waals surface area contributed by atoms with Crippen LogP contribution in [0.3, 0.4) is 0 Å². The van der Waals surface area contributed by atoms with Gasteiger partial charge >= 0.3 is 0 Å². The molecule has 0 aliphatic carbocycles. The Morgan fingerprint density at radius 1 is 1.15 bits per heavy atom. The van der Waals surface area contributed by atoms with Gasteiger partial charge in [-0.2, -0.15) is 0 Å². The number of fused-ring (bicyclic) bond motifs is 1. The van der Waals surface area contributed by atoms with Crippen LogP contribution in [-0.4, -0.2) is 34.7 Å². The van der Waals surface area contributed by atoms with Gasteiger partial charge in [-0.1, -0.05) is 12.1 Å². The van der Waals surface area contributed by atoms with Crippen LogP contribution in [-0.2, 0) is 4.79 Å². The summed E-state index contributed by atoms with van der Waals surface area (Å²) in [6.45, 7) is 2.32. The van der Waals surface area contributed by atoms with E-state index in [0.717, 1.165) is 34.0 Å². The monoisotopic (exact) mass is 367 g/mol. The molecule has 0 spiro atoms. The zero-order valence-electron chi connectivity index (χ0n) is 15.4. The summed E-state index contributed by atoms with van der Waals surface area (Å²) in [7, 11) is 1.98. The summed E-state index contributed by atoms with van der Waals surface area (Å²) in [5.41, 5.74) is 3.76. The zero-order chi connectivity index (χ0) is 19.2. The Kier molecular flexibility index (Phi) is 5.83. The van der Waals surface area contributed by atoms with Gasteiger partial charge in [0.2, 0.25) is 0 Å². The number of hydrogen-bond donors (Lipinski definition) is 1. The molecule has 0 radical (unpaired) electrons. The Hall–Kier alpha value is -3.19. The maximum Gasteiger partial charge on any atom is 0.283 e. The van der Waals surface area contributed by atoms with E-state index in [-0.39, 0.29) is 12.3 Å². The van der Waals surface area contributed by atoms with Crippen LogP contribution < -0.4 is 15.1 Å². The number of carbonyl (C=O) groups is 1. The van der Waals surface area contributed by atoms with Crippen LogP contribution in [0.4, 0.5) is 11.5 Å². The van der Waals surface area contributed by atoms with E-state index in [9.17, 15) is 4.79 Å². The van der Waals surface area contributed by atoms with Crippen molar-refractivity contribution in [1.82, 2.24) is 15.4 Å². The molecule has 0 aliphatic rings. The first-order valence-electron chi connectivity index (χ1n) is 8.74. The van der Waals surface area contributed by atoms with Crippen molar-refractivity contribution in [2.24, 2.45) is 0 Å². The Labute approximate surface area is 157 Å². The Balaban J connectivity index is 1.71. The maximum absolute atomic E-state index is 11.0. The van der Waals surface area contributed by atoms with Crippen LogP contribution in [0.25, 0.3) is 10.9 Å². The second-order valence-electron chi connectivity index (χ2n) is 6.16. The molecule has 7 heteroatoms. The average Bonchev–Trinajstić information content (AvgIpc) is 2.70. The SMILES string of the molecule is Cc1nc(N(C)c2ccc(OCCCC(=O)N[OH2+])cc2)c2ccccc2n1. The van der Waals surface area contributed by atoms with Gasteiger partial charge in [-0.15, -0.1) is 5.48 Å². The number of aromatic nitrogens is 2. The highest BCUT2D eigenvalue weighted by atomic mass is 16.5. The van der Waals surface area contributed by atoms with Crippen molar-refractivity contribution < 1.29 is 14.7 Å². The van der Waals surface area contributed by atoms with Gasteiger partial charge in [-0.05, 0) is 49.7 Å². The lowest BCUT2D eigenvalue weighted by atomic mass is 10.2. The van der Waals surface area contributed by atoms with Crippen LogP contribution in [0, 0.1) is 6.92 Å². The summed E-state index contributed by atoms with van der Waals surface area (Å²) in [4.78, 5) is 22.2. The minimum absolute atomic E-state index is 0.282. The van der Waals surface area contributed by atoms with Crippen molar-refractivity contribution >= 4 is 28.3 Å². The third-order valence-corrected chi connectivity index (χ3v) is 4.19. The maximum atomic E-state index is 11.0. The number of anilines is 2. The standard InChI is InChI=1S/C20H22N4O3/c1-14-21-18-7-4-3-6-17(18)20(22-14)24(2)15-9-11-16(12-10-15)27-13-5-8-19(25)23-26/h3-4,6-7,9-12,26H,5,8,13H2,1-2H3,(H,23,25)/p+1. The molecule has 3 aromatic rings. The number of ether oxygens (including phenoxy) is 1. The fourth-order valence-electron chi connectivity index (χ4n) is 2.80. The van der Waals surface area contributed by atoms with Crippen molar-refractivity contribution in [2.75, 3.05) is 18.6 Å². The van der Waals surface area contributed by atoms with Crippen molar-refractivity contribution in [1.29, 1.82) is 0 Å². The molecule has 3 rings (SSSR count). The normalized spacial score (nSPS) is 10.6. The first-order chi connectivity index (χ1) is 13.1. The molecule has 7 nitrogen and oxygen atoms in total. The van der Waals surface area contributed by atoms with Gasteiger partial charge < -0.3 is 14.8 Å². The van der Waals surface area contributed by atoms with Crippen molar-refractivity contribution in [3.8, 4) is 5.75 Å². The Morgan fingerprint density at radius 2 is 1.89 bits per heavy atom. The van der Waals surface area contributed by atoms with E-state index in [0.29, 0.717) is 13.0 Å². The van der Waals surface area contributed by atoms with Gasteiger partial charge in [-0.25, -0.2) is 9.97 Å². The van der Waals surface area contributed by atoms with E-state index in [2.05, 4.69) is 9.97 Å². The van der Waals surface area contributed by atoms with Crippen LogP contribution in [0.15, 0.2) is 48.5 Å². The summed E-state index contributed by atoms with van der Waals surface area (Å²) in [5, 5.41) is 7.75. The molecule has 140 valence electrons. The molecular formula is C20H23N4O3+. The summed E-state index contributed by atoms with van der Waals surface area (Å²) in [6, 6.07) is 15.7. The van der Waals surface area contributed by atoms with Gasteiger partial charge in [0.15, 0.2) is 0 Å². The molecule has 0 atom stereocenters. The lowest BCUT2D eigenvalue weighted by Gasteiger charge is -2.20. The molecule has 3 N–H and O–H groups in total. The molecule has 2 aromatic carbocycles. The topological polar surface area (TPSA) is 90.3 Å². The molecule has 0 aliphatic heterocycles. The average molecular weight is 367 g/mol. The minimum atomic E-state index is -0.303. The van der Waals surface area contributed by atoms with E-state index >= 15 is 0 Å². The lowest BCUT2D eigenvalue weighted by Crippen LogP contribution is -2.18. The van der Waals surface area contributed by atoms with Crippen molar-refractivity contribution in [2.45, 2.75) is 19.8 Å². The lowest BCUT2D eigenvalue weighted by molar-refractivity contribution is -0.129. The minimum Gasteiger partial charge on any atom is -0.494 e. The fraction of sp³-hybridized carbons (Fsp3) is 0.250. The zero-order valence-corrected chi connectivity index (χ0v) is 15.4. The predicted octanol–water partition coefficient (Wildman–Crippen LogP) is 2.62. The molecule has 1 heterocycles. The highest BCUT2D eigenvalue weighted by Crippen LogP contribution is 2.29. The summed E-state index contributed by atoms with van der Waals surface area (Å²) in [5.74, 6) is 2.02. The molecule has 0 fully saturated rings. The number of amides is 1. The largest absolute Gasteiger partial charge is 0.494 e. The molecule has 0 saturated carbocycles. The molecule has 1 aromatic heterocycles. The number of nitrogens with one attached hydrogen (secondary N) is 1. The summed E-state index contributed by atoms with van der Waals surface area (Å²) in [6.07, 6.45) is 0.850. The van der Waals surface area contributed by atoms with Crippen LogP contribution in [0.5, 0.6) is 5.75 Å². The van der Waals surface area contributed by atoms with E-state index in [1.807, 2.05) is 72.9 Å². The molecule has 0 saturated heterocycles. The van der Waals surface area contributed by atoms with Crippen LogP contribution in [0.2, 0.25) is 0 Å². The number of nitrogens with zero attached hydrogens (tertiary/aromatic N) is 3. The number of hydrogen-bond acceptors (Lipinski definition) is 5.